The fourth-order valence-corrected chi connectivity index (χ4v) is 3.54. The first kappa shape index (κ1) is 20.0. The van der Waals surface area contributed by atoms with Crippen LogP contribution in [0, 0.1) is 0 Å². The lowest BCUT2D eigenvalue weighted by Gasteiger charge is -2.30. The van der Waals surface area contributed by atoms with Gasteiger partial charge in [-0.05, 0) is 58.6 Å². The Hall–Kier alpha value is -3.32. The van der Waals surface area contributed by atoms with E-state index < -0.39 is 5.60 Å². The first-order valence-electron chi connectivity index (χ1n) is 9.69. The molecule has 7 nitrogen and oxygen atoms in total. The molecule has 0 fully saturated rings. The molecule has 0 unspecified atom stereocenters. The minimum absolute atomic E-state index is 0.00304. The number of hydrogen-bond acceptors (Lipinski definition) is 7. The van der Waals surface area contributed by atoms with Crippen molar-refractivity contribution in [2.45, 2.75) is 25.9 Å². The van der Waals surface area contributed by atoms with Crippen molar-refractivity contribution in [2.24, 2.45) is 0 Å². The van der Waals surface area contributed by atoms with E-state index >= 15 is 0 Å². The minimum Gasteiger partial charge on any atom is -0.507 e. The fourth-order valence-electron chi connectivity index (χ4n) is 3.54. The number of ether oxygens (including phenoxy) is 1. The summed E-state index contributed by atoms with van der Waals surface area (Å²) in [5.41, 5.74) is 1.11. The largest absolute Gasteiger partial charge is 0.507 e. The minimum atomic E-state index is -0.545. The van der Waals surface area contributed by atoms with E-state index in [-0.39, 0.29) is 33.5 Å². The van der Waals surface area contributed by atoms with Gasteiger partial charge in [-0.2, -0.15) is 0 Å². The Labute approximate surface area is 173 Å². The summed E-state index contributed by atoms with van der Waals surface area (Å²) in [6.45, 7) is 4.53. The van der Waals surface area contributed by atoms with E-state index in [0.717, 1.165) is 0 Å². The number of phenols is 1. The molecular weight excluding hydrogens is 384 g/mol. The van der Waals surface area contributed by atoms with Crippen molar-refractivity contribution in [1.82, 2.24) is 9.88 Å². The van der Waals surface area contributed by atoms with Gasteiger partial charge in [-0.25, -0.2) is 0 Å². The first-order chi connectivity index (χ1) is 14.2. The Bertz CT molecular complexity index is 1210. The van der Waals surface area contributed by atoms with Gasteiger partial charge in [0, 0.05) is 12.1 Å². The van der Waals surface area contributed by atoms with Crippen LogP contribution in [-0.2, 0) is 6.42 Å². The van der Waals surface area contributed by atoms with Crippen molar-refractivity contribution in [1.29, 1.82) is 0 Å². The van der Waals surface area contributed by atoms with Gasteiger partial charge in [0.1, 0.15) is 34.5 Å². The fraction of sp³-hybridized carbons (Fsp3) is 0.304. The zero-order chi connectivity index (χ0) is 21.6. The number of likely N-dealkylation sites (N-methyl/N-ethyl adjacent to an activating group) is 1. The van der Waals surface area contributed by atoms with Gasteiger partial charge in [0.15, 0.2) is 5.58 Å². The van der Waals surface area contributed by atoms with Gasteiger partial charge in [-0.1, -0.05) is 0 Å². The lowest BCUT2D eigenvalue weighted by Crippen LogP contribution is -2.29. The van der Waals surface area contributed by atoms with Crippen LogP contribution in [0.25, 0.3) is 28.3 Å². The van der Waals surface area contributed by atoms with Crippen LogP contribution in [-0.4, -0.2) is 46.3 Å². The number of aromatic nitrogens is 1. The molecule has 1 aromatic carbocycles. The molecule has 0 bridgehead atoms. The highest BCUT2D eigenvalue weighted by Gasteiger charge is 2.30. The number of fused-ring (bicyclic) bond motifs is 3. The molecule has 4 rings (SSSR count). The van der Waals surface area contributed by atoms with Gasteiger partial charge in [-0.3, -0.25) is 9.78 Å². The van der Waals surface area contributed by atoms with Gasteiger partial charge in [0.25, 0.3) is 0 Å². The second kappa shape index (κ2) is 7.18. The lowest BCUT2D eigenvalue weighted by atomic mass is 9.94. The zero-order valence-electron chi connectivity index (χ0n) is 17.4. The molecule has 3 aromatic rings. The van der Waals surface area contributed by atoms with Crippen molar-refractivity contribution in [2.75, 3.05) is 20.6 Å². The third-order valence-electron chi connectivity index (χ3n) is 5.13. The van der Waals surface area contributed by atoms with Crippen molar-refractivity contribution in [3.05, 3.63) is 52.0 Å². The molecule has 0 atom stereocenters. The summed E-state index contributed by atoms with van der Waals surface area (Å²) < 4.78 is 12.0. The molecular formula is C23H24N2O5. The van der Waals surface area contributed by atoms with Crippen molar-refractivity contribution in [3.8, 4) is 28.5 Å². The SMILES string of the molecule is CN(C)CCc1c2c(c3occ(-c4ccc(O)cn4)c(=O)c3c1O)C=CC(C)(C)O2. The molecule has 7 heteroatoms. The summed E-state index contributed by atoms with van der Waals surface area (Å²) in [6, 6.07) is 2.97. The van der Waals surface area contributed by atoms with Crippen molar-refractivity contribution in [3.63, 3.8) is 0 Å². The average Bonchev–Trinajstić information content (AvgIpc) is 2.67. The number of aromatic hydroxyl groups is 2. The molecule has 30 heavy (non-hydrogen) atoms. The highest BCUT2D eigenvalue weighted by molar-refractivity contribution is 5.96. The van der Waals surface area contributed by atoms with E-state index in [4.69, 9.17) is 9.15 Å². The number of phenolic OH excluding ortho intramolecular Hbond substituents is 1. The molecule has 0 spiro atoms. The molecule has 0 radical (unpaired) electrons. The van der Waals surface area contributed by atoms with Crippen LogP contribution in [0.15, 0.2) is 39.9 Å². The van der Waals surface area contributed by atoms with E-state index in [0.29, 0.717) is 35.5 Å². The van der Waals surface area contributed by atoms with Crippen LogP contribution >= 0.6 is 0 Å². The predicted octanol–water partition coefficient (Wildman–Crippen LogP) is 3.55. The van der Waals surface area contributed by atoms with E-state index in [1.165, 1.54) is 24.6 Å². The number of hydrogen-bond donors (Lipinski definition) is 2. The summed E-state index contributed by atoms with van der Waals surface area (Å²) in [5, 5.41) is 20.7. The number of rotatable bonds is 4. The quantitative estimate of drug-likeness (QED) is 0.681. The van der Waals surface area contributed by atoms with Gasteiger partial charge in [-0.15, -0.1) is 0 Å². The Morgan fingerprint density at radius 2 is 1.97 bits per heavy atom. The Balaban J connectivity index is 2.01. The molecule has 0 amide bonds. The standard InChI is InChI=1S/C23H24N2O5/c1-23(2)9-7-15-21(30-23)14(8-10-25(3)4)19(27)18-20(28)16(12-29-22(15)18)17-6-5-13(26)11-24-17/h5-7,9,11-12,26-27H,8,10H2,1-4H3. The van der Waals surface area contributed by atoms with E-state index in [1.54, 1.807) is 0 Å². The third kappa shape index (κ3) is 3.41. The Morgan fingerprint density at radius 1 is 1.20 bits per heavy atom. The summed E-state index contributed by atoms with van der Waals surface area (Å²) in [6.07, 6.45) is 6.87. The topological polar surface area (TPSA) is 96.0 Å². The third-order valence-corrected chi connectivity index (χ3v) is 5.13. The predicted molar refractivity (Wildman–Crippen MR) is 115 cm³/mol. The van der Waals surface area contributed by atoms with Gasteiger partial charge < -0.3 is 24.3 Å². The van der Waals surface area contributed by atoms with Crippen molar-refractivity contribution < 1.29 is 19.4 Å². The van der Waals surface area contributed by atoms with Crippen molar-refractivity contribution >= 4 is 17.0 Å². The normalized spacial score (nSPS) is 14.7. The maximum Gasteiger partial charge on any atom is 0.205 e. The molecule has 0 aliphatic carbocycles. The molecule has 156 valence electrons. The molecule has 1 aliphatic rings. The summed E-state index contributed by atoms with van der Waals surface area (Å²) in [5.74, 6) is 0.399. The van der Waals surface area contributed by atoms with Gasteiger partial charge >= 0.3 is 0 Å². The summed E-state index contributed by atoms with van der Waals surface area (Å²) >= 11 is 0. The van der Waals surface area contributed by atoms with Crippen LogP contribution in [0.5, 0.6) is 17.2 Å². The Morgan fingerprint density at radius 3 is 2.63 bits per heavy atom. The molecule has 3 heterocycles. The number of pyridine rings is 1. The van der Waals surface area contributed by atoms with Gasteiger partial charge in [0.2, 0.25) is 5.43 Å². The van der Waals surface area contributed by atoms with Gasteiger partial charge in [0.05, 0.1) is 23.0 Å². The number of nitrogens with zero attached hydrogens (tertiary/aromatic N) is 2. The number of benzene rings is 1. The van der Waals surface area contributed by atoms with Crippen LogP contribution in [0.4, 0.5) is 0 Å². The summed E-state index contributed by atoms with van der Waals surface area (Å²) in [4.78, 5) is 19.4. The first-order valence-corrected chi connectivity index (χ1v) is 9.69. The molecule has 1 aliphatic heterocycles. The molecule has 0 saturated heterocycles. The maximum absolute atomic E-state index is 13.3. The molecule has 2 N–H and O–H groups in total. The Kier molecular flexibility index (Phi) is 4.78. The van der Waals surface area contributed by atoms with E-state index in [9.17, 15) is 15.0 Å². The smallest absolute Gasteiger partial charge is 0.205 e. The van der Waals surface area contributed by atoms with Crippen LogP contribution in [0.2, 0.25) is 0 Å². The lowest BCUT2D eigenvalue weighted by molar-refractivity contribution is 0.156. The second-order valence-corrected chi connectivity index (χ2v) is 8.25. The van der Waals surface area contributed by atoms with Crippen LogP contribution < -0.4 is 10.2 Å². The van der Waals surface area contributed by atoms with E-state index in [2.05, 4.69) is 4.98 Å². The van der Waals surface area contributed by atoms with E-state index in [1.807, 2.05) is 45.0 Å². The highest BCUT2D eigenvalue weighted by atomic mass is 16.5. The molecule has 2 aromatic heterocycles. The maximum atomic E-state index is 13.3. The zero-order valence-corrected chi connectivity index (χ0v) is 17.4. The van der Waals surface area contributed by atoms with Crippen LogP contribution in [0.1, 0.15) is 25.0 Å². The molecule has 0 saturated carbocycles. The second-order valence-electron chi connectivity index (χ2n) is 8.25. The summed E-state index contributed by atoms with van der Waals surface area (Å²) in [7, 11) is 3.89. The average molecular weight is 408 g/mol. The van der Waals surface area contributed by atoms with Crippen LogP contribution in [0.3, 0.4) is 0 Å². The monoisotopic (exact) mass is 408 g/mol. The highest BCUT2D eigenvalue weighted by Crippen LogP contribution is 2.44.